The maximum atomic E-state index is 11.8. The molecule has 0 radical (unpaired) electrons. The van der Waals surface area contributed by atoms with Crippen LogP contribution in [0.3, 0.4) is 0 Å². The molecule has 0 saturated heterocycles. The third-order valence-electron chi connectivity index (χ3n) is 2.57. The van der Waals surface area contributed by atoms with E-state index in [2.05, 4.69) is 32.3 Å². The van der Waals surface area contributed by atoms with Crippen LogP contribution in [0, 0.1) is 3.57 Å². The topological polar surface area (TPSA) is 65.5 Å². The van der Waals surface area contributed by atoms with Crippen molar-refractivity contribution in [3.05, 3.63) is 39.1 Å². The Morgan fingerprint density at radius 1 is 1.11 bits per heavy atom. The van der Waals surface area contributed by atoms with E-state index in [0.29, 0.717) is 16.5 Å². The molecule has 0 spiro atoms. The van der Waals surface area contributed by atoms with Gasteiger partial charge in [0.15, 0.2) is 0 Å². The van der Waals surface area contributed by atoms with Crippen LogP contribution >= 0.6 is 22.6 Å². The lowest BCUT2D eigenvalue weighted by molar-refractivity contribution is 0.0594. The van der Waals surface area contributed by atoms with E-state index in [0.717, 1.165) is 3.57 Å². The van der Waals surface area contributed by atoms with E-state index in [9.17, 15) is 9.59 Å². The smallest absolute Gasteiger partial charge is 0.356 e. The zero-order chi connectivity index (χ0) is 14.0. The maximum Gasteiger partial charge on any atom is 0.356 e. The van der Waals surface area contributed by atoms with Crippen molar-refractivity contribution < 1.29 is 19.1 Å². The number of ether oxygens (including phenoxy) is 2. The third kappa shape index (κ3) is 2.67. The lowest BCUT2D eigenvalue weighted by Crippen LogP contribution is -2.09. The quantitative estimate of drug-likeness (QED) is 0.599. The van der Waals surface area contributed by atoms with Gasteiger partial charge in [0.05, 0.1) is 25.3 Å². The highest BCUT2D eigenvalue weighted by Gasteiger charge is 2.17. The summed E-state index contributed by atoms with van der Waals surface area (Å²) < 4.78 is 10.3. The van der Waals surface area contributed by atoms with E-state index < -0.39 is 11.9 Å². The van der Waals surface area contributed by atoms with Crippen LogP contribution in [0.1, 0.15) is 20.8 Å². The van der Waals surface area contributed by atoms with Gasteiger partial charge in [0.25, 0.3) is 0 Å². The average molecular weight is 371 g/mol. The minimum absolute atomic E-state index is 0.0802. The molecule has 19 heavy (non-hydrogen) atoms. The van der Waals surface area contributed by atoms with E-state index >= 15 is 0 Å². The van der Waals surface area contributed by atoms with Crippen LogP contribution in [0.5, 0.6) is 0 Å². The molecule has 98 valence electrons. The molecule has 0 unspecified atom stereocenters. The van der Waals surface area contributed by atoms with Crippen molar-refractivity contribution in [2.75, 3.05) is 14.2 Å². The number of pyridine rings is 1. The Kier molecular flexibility index (Phi) is 3.98. The molecule has 0 fully saturated rings. The van der Waals surface area contributed by atoms with Gasteiger partial charge >= 0.3 is 11.9 Å². The molecule has 2 aromatic rings. The first-order valence-corrected chi connectivity index (χ1v) is 6.41. The Morgan fingerprint density at radius 3 is 2.42 bits per heavy atom. The summed E-state index contributed by atoms with van der Waals surface area (Å²) in [5, 5.41) is 0.645. The standard InChI is InChI=1S/C13H10INO4/c1-18-12(16)9-6-11(13(17)19-2)15-10-4-3-7(14)5-8(9)10/h3-6H,1-2H3. The highest BCUT2D eigenvalue weighted by atomic mass is 127. The molecule has 0 aliphatic rings. The Hall–Kier alpha value is -1.70. The molecule has 1 heterocycles. The Bertz CT molecular complexity index is 669. The summed E-state index contributed by atoms with van der Waals surface area (Å²) in [7, 11) is 2.56. The fraction of sp³-hybridized carbons (Fsp3) is 0.154. The lowest BCUT2D eigenvalue weighted by atomic mass is 10.1. The Labute approximate surface area is 123 Å². The van der Waals surface area contributed by atoms with Crippen LogP contribution in [0.4, 0.5) is 0 Å². The first-order chi connectivity index (χ1) is 9.06. The number of nitrogens with zero attached hydrogens (tertiary/aromatic N) is 1. The van der Waals surface area contributed by atoms with E-state index in [4.69, 9.17) is 4.74 Å². The number of halogens is 1. The van der Waals surface area contributed by atoms with Gasteiger partial charge in [-0.3, -0.25) is 0 Å². The summed E-state index contributed by atoms with van der Waals surface area (Å²) in [6.07, 6.45) is 0. The molecule has 5 nitrogen and oxygen atoms in total. The van der Waals surface area contributed by atoms with Gasteiger partial charge in [-0.1, -0.05) is 0 Å². The second kappa shape index (κ2) is 5.52. The van der Waals surface area contributed by atoms with Crippen LogP contribution < -0.4 is 0 Å². The molecule has 0 aliphatic heterocycles. The number of carbonyl (C=O) groups is 2. The number of aromatic nitrogens is 1. The van der Waals surface area contributed by atoms with Gasteiger partial charge in [-0.05, 0) is 46.9 Å². The summed E-state index contributed by atoms with van der Waals surface area (Å²) in [5.41, 5.74) is 0.923. The lowest BCUT2D eigenvalue weighted by Gasteiger charge is -2.07. The highest BCUT2D eigenvalue weighted by molar-refractivity contribution is 14.1. The molecule has 0 aliphatic carbocycles. The fourth-order valence-electron chi connectivity index (χ4n) is 1.69. The predicted octanol–water partition coefficient (Wildman–Crippen LogP) is 2.41. The summed E-state index contributed by atoms with van der Waals surface area (Å²) >= 11 is 2.14. The minimum Gasteiger partial charge on any atom is -0.465 e. The van der Waals surface area contributed by atoms with Gasteiger partial charge in [-0.2, -0.15) is 0 Å². The number of methoxy groups -OCH3 is 2. The van der Waals surface area contributed by atoms with Gasteiger partial charge in [-0.15, -0.1) is 0 Å². The zero-order valence-electron chi connectivity index (χ0n) is 10.3. The monoisotopic (exact) mass is 371 g/mol. The number of rotatable bonds is 2. The van der Waals surface area contributed by atoms with E-state index in [1.807, 2.05) is 12.1 Å². The van der Waals surface area contributed by atoms with Crippen LogP contribution in [0.25, 0.3) is 10.9 Å². The minimum atomic E-state index is -0.592. The number of carbonyl (C=O) groups excluding carboxylic acids is 2. The first-order valence-electron chi connectivity index (χ1n) is 5.33. The number of fused-ring (bicyclic) bond motifs is 1. The molecule has 0 amide bonds. The predicted molar refractivity (Wildman–Crippen MR) is 77.1 cm³/mol. The number of hydrogen-bond acceptors (Lipinski definition) is 5. The number of esters is 2. The molecule has 1 aromatic heterocycles. The molecule has 0 N–H and O–H groups in total. The van der Waals surface area contributed by atoms with Crippen LogP contribution in [-0.4, -0.2) is 31.1 Å². The Morgan fingerprint density at radius 2 is 1.79 bits per heavy atom. The van der Waals surface area contributed by atoms with E-state index in [-0.39, 0.29) is 5.69 Å². The van der Waals surface area contributed by atoms with Crippen LogP contribution in [0.2, 0.25) is 0 Å². The third-order valence-corrected chi connectivity index (χ3v) is 3.24. The zero-order valence-corrected chi connectivity index (χ0v) is 12.4. The van der Waals surface area contributed by atoms with Crippen molar-refractivity contribution in [1.29, 1.82) is 0 Å². The second-order valence-electron chi connectivity index (χ2n) is 3.70. The van der Waals surface area contributed by atoms with Crippen molar-refractivity contribution >= 4 is 45.4 Å². The largest absolute Gasteiger partial charge is 0.465 e. The van der Waals surface area contributed by atoms with Crippen LogP contribution in [-0.2, 0) is 9.47 Å². The van der Waals surface area contributed by atoms with Crippen molar-refractivity contribution in [3.63, 3.8) is 0 Å². The summed E-state index contributed by atoms with van der Waals surface area (Å²) in [4.78, 5) is 27.5. The van der Waals surface area contributed by atoms with Crippen molar-refractivity contribution in [2.45, 2.75) is 0 Å². The van der Waals surface area contributed by atoms with E-state index in [1.165, 1.54) is 20.3 Å². The number of benzene rings is 1. The normalized spacial score (nSPS) is 10.3. The van der Waals surface area contributed by atoms with Crippen molar-refractivity contribution in [3.8, 4) is 0 Å². The van der Waals surface area contributed by atoms with Gasteiger partial charge in [0.1, 0.15) is 5.69 Å². The first kappa shape index (κ1) is 13.7. The Balaban J connectivity index is 2.76. The van der Waals surface area contributed by atoms with Gasteiger partial charge in [0, 0.05) is 8.96 Å². The van der Waals surface area contributed by atoms with Crippen LogP contribution in [0.15, 0.2) is 24.3 Å². The molecule has 1 aromatic carbocycles. The van der Waals surface area contributed by atoms with Crippen molar-refractivity contribution in [2.24, 2.45) is 0 Å². The second-order valence-corrected chi connectivity index (χ2v) is 4.95. The molecule has 2 rings (SSSR count). The molecule has 0 atom stereocenters. The SMILES string of the molecule is COC(=O)c1cc(C(=O)OC)c2cc(I)ccc2n1. The van der Waals surface area contributed by atoms with E-state index in [1.54, 1.807) is 6.07 Å². The van der Waals surface area contributed by atoms with Gasteiger partial charge < -0.3 is 9.47 Å². The average Bonchev–Trinajstić information content (AvgIpc) is 2.44. The highest BCUT2D eigenvalue weighted by Crippen LogP contribution is 2.22. The molecule has 6 heteroatoms. The van der Waals surface area contributed by atoms with Crippen molar-refractivity contribution in [1.82, 2.24) is 4.98 Å². The fourth-order valence-corrected chi connectivity index (χ4v) is 2.18. The molecule has 0 bridgehead atoms. The molecule has 0 saturated carbocycles. The van der Waals surface area contributed by atoms with Gasteiger partial charge in [-0.25, -0.2) is 14.6 Å². The molecular weight excluding hydrogens is 361 g/mol. The summed E-state index contributed by atoms with van der Waals surface area (Å²) in [6, 6.07) is 6.79. The van der Waals surface area contributed by atoms with Gasteiger partial charge in [0.2, 0.25) is 0 Å². The molecular formula is C13H10INO4. The summed E-state index contributed by atoms with van der Waals surface area (Å²) in [6.45, 7) is 0. The summed E-state index contributed by atoms with van der Waals surface area (Å²) in [5.74, 6) is -1.11. The number of hydrogen-bond donors (Lipinski definition) is 0. The maximum absolute atomic E-state index is 11.8.